The van der Waals surface area contributed by atoms with Gasteiger partial charge in [0.25, 0.3) is 0 Å². The summed E-state index contributed by atoms with van der Waals surface area (Å²) in [6.45, 7) is 1.97. The Balaban J connectivity index is 3.69. The zero-order chi connectivity index (χ0) is 8.15. The van der Waals surface area contributed by atoms with Gasteiger partial charge in [-0.2, -0.15) is 0 Å². The molecule has 0 rings (SSSR count). The predicted molar refractivity (Wildman–Crippen MR) is 39.3 cm³/mol. The second-order valence-corrected chi connectivity index (χ2v) is 2.37. The van der Waals surface area contributed by atoms with E-state index in [1.165, 1.54) is 0 Å². The third-order valence-corrected chi connectivity index (χ3v) is 1.52. The van der Waals surface area contributed by atoms with Crippen molar-refractivity contribution in [2.24, 2.45) is 11.5 Å². The Hall–Kier alpha value is -0.160. The lowest BCUT2D eigenvalue weighted by molar-refractivity contribution is 0.00409. The molecule has 0 aromatic rings. The lowest BCUT2D eigenvalue weighted by atomic mass is 10.1. The molecule has 3 atom stereocenters. The monoisotopic (exact) mass is 148 g/mol. The summed E-state index contributed by atoms with van der Waals surface area (Å²) in [6.07, 6.45) is -1.15. The molecule has 0 radical (unpaired) electrons. The highest BCUT2D eigenvalue weighted by molar-refractivity contribution is 4.77. The van der Waals surface area contributed by atoms with E-state index < -0.39 is 18.2 Å². The summed E-state index contributed by atoms with van der Waals surface area (Å²) in [5.74, 6) is 0. The lowest BCUT2D eigenvalue weighted by Crippen LogP contribution is -2.47. The number of rotatable bonds is 4. The molecule has 0 aromatic carbocycles. The molecule has 0 amide bonds. The highest BCUT2D eigenvalue weighted by atomic mass is 16.3. The normalized spacial score (nSPS) is 20.1. The van der Waals surface area contributed by atoms with Gasteiger partial charge in [-0.3, -0.25) is 0 Å². The van der Waals surface area contributed by atoms with Crippen LogP contribution in [-0.2, 0) is 0 Å². The smallest absolute Gasteiger partial charge is 0.0961 e. The number of nitrogens with two attached hydrogens (primary N) is 2. The van der Waals surface area contributed by atoms with Gasteiger partial charge in [-0.15, -0.1) is 0 Å². The van der Waals surface area contributed by atoms with E-state index in [2.05, 4.69) is 0 Å². The molecule has 3 unspecified atom stereocenters. The Labute approximate surface area is 60.8 Å². The van der Waals surface area contributed by atoms with E-state index in [0.29, 0.717) is 6.42 Å². The van der Waals surface area contributed by atoms with Gasteiger partial charge in [0.15, 0.2) is 0 Å². The maximum absolute atomic E-state index is 9.13. The van der Waals surface area contributed by atoms with Crippen LogP contribution in [0.4, 0.5) is 0 Å². The molecule has 6 N–H and O–H groups in total. The summed E-state index contributed by atoms with van der Waals surface area (Å²) >= 11 is 0. The first-order chi connectivity index (χ1) is 4.63. The van der Waals surface area contributed by atoms with Gasteiger partial charge in [-0.1, -0.05) is 6.92 Å². The SMILES string of the molecule is CCC(O)C(O)C(N)CN. The maximum atomic E-state index is 9.13. The molecule has 0 saturated heterocycles. The van der Waals surface area contributed by atoms with Gasteiger partial charge in [0.05, 0.1) is 12.2 Å². The van der Waals surface area contributed by atoms with Crippen molar-refractivity contribution >= 4 is 0 Å². The fraction of sp³-hybridized carbons (Fsp3) is 1.00. The molecule has 0 aliphatic heterocycles. The zero-order valence-corrected chi connectivity index (χ0v) is 6.20. The van der Waals surface area contributed by atoms with Crippen molar-refractivity contribution < 1.29 is 10.2 Å². The Kier molecular flexibility index (Phi) is 4.55. The lowest BCUT2D eigenvalue weighted by Gasteiger charge is -2.21. The van der Waals surface area contributed by atoms with Crippen LogP contribution < -0.4 is 11.5 Å². The second-order valence-electron chi connectivity index (χ2n) is 2.37. The van der Waals surface area contributed by atoms with Crippen molar-refractivity contribution in [2.75, 3.05) is 6.54 Å². The highest BCUT2D eigenvalue weighted by Gasteiger charge is 2.19. The van der Waals surface area contributed by atoms with Gasteiger partial charge in [0.2, 0.25) is 0 Å². The highest BCUT2D eigenvalue weighted by Crippen LogP contribution is 2.00. The molecule has 0 aromatic heterocycles. The van der Waals surface area contributed by atoms with E-state index in [4.69, 9.17) is 21.7 Å². The van der Waals surface area contributed by atoms with Gasteiger partial charge in [0, 0.05) is 12.6 Å². The Morgan fingerprint density at radius 3 is 2.20 bits per heavy atom. The first-order valence-corrected chi connectivity index (χ1v) is 3.45. The van der Waals surface area contributed by atoms with Crippen LogP contribution in [0, 0.1) is 0 Å². The van der Waals surface area contributed by atoms with Gasteiger partial charge in [0.1, 0.15) is 0 Å². The Morgan fingerprint density at radius 2 is 1.90 bits per heavy atom. The van der Waals surface area contributed by atoms with E-state index >= 15 is 0 Å². The third kappa shape index (κ3) is 2.62. The van der Waals surface area contributed by atoms with E-state index in [1.54, 1.807) is 6.92 Å². The zero-order valence-electron chi connectivity index (χ0n) is 6.20. The van der Waals surface area contributed by atoms with E-state index in [0.717, 1.165) is 0 Å². The molecular weight excluding hydrogens is 132 g/mol. The van der Waals surface area contributed by atoms with E-state index in [1.807, 2.05) is 0 Å². The molecule has 10 heavy (non-hydrogen) atoms. The summed E-state index contributed by atoms with van der Waals surface area (Å²) in [7, 11) is 0. The molecule has 0 bridgehead atoms. The van der Waals surface area contributed by atoms with Crippen LogP contribution in [-0.4, -0.2) is 35.0 Å². The average Bonchev–Trinajstić information content (AvgIpc) is 2.00. The van der Waals surface area contributed by atoms with Crippen molar-refractivity contribution in [2.45, 2.75) is 31.6 Å². The summed E-state index contributed by atoms with van der Waals surface area (Å²) in [6, 6.07) is -0.519. The molecule has 0 aliphatic rings. The van der Waals surface area contributed by atoms with Crippen molar-refractivity contribution in [1.82, 2.24) is 0 Å². The number of aliphatic hydroxyl groups is 2. The summed E-state index contributed by atoms with van der Waals surface area (Å²) in [5.41, 5.74) is 10.5. The number of aliphatic hydroxyl groups excluding tert-OH is 2. The topological polar surface area (TPSA) is 92.5 Å². The van der Waals surface area contributed by atoms with Crippen LogP contribution in [0.1, 0.15) is 13.3 Å². The Morgan fingerprint density at radius 1 is 1.40 bits per heavy atom. The predicted octanol–water partition coefficient (Wildman–Crippen LogP) is -1.60. The minimum absolute atomic E-state index is 0.193. The minimum atomic E-state index is -0.894. The standard InChI is InChI=1S/C6H16N2O2/c1-2-5(9)6(10)4(8)3-7/h4-6,9-10H,2-3,7-8H2,1H3. The van der Waals surface area contributed by atoms with Crippen LogP contribution in [0.5, 0.6) is 0 Å². The molecule has 4 heteroatoms. The molecular formula is C6H16N2O2. The third-order valence-electron chi connectivity index (χ3n) is 1.52. The maximum Gasteiger partial charge on any atom is 0.0961 e. The molecule has 62 valence electrons. The average molecular weight is 148 g/mol. The first-order valence-electron chi connectivity index (χ1n) is 3.45. The van der Waals surface area contributed by atoms with Crippen LogP contribution in [0.25, 0.3) is 0 Å². The van der Waals surface area contributed by atoms with E-state index in [9.17, 15) is 0 Å². The number of hydrogen-bond acceptors (Lipinski definition) is 4. The minimum Gasteiger partial charge on any atom is -0.390 e. The van der Waals surface area contributed by atoms with Gasteiger partial charge < -0.3 is 21.7 Å². The van der Waals surface area contributed by atoms with Gasteiger partial charge in [-0.25, -0.2) is 0 Å². The van der Waals surface area contributed by atoms with Gasteiger partial charge >= 0.3 is 0 Å². The summed E-state index contributed by atoms with van der Waals surface area (Å²) in [5, 5.41) is 18.2. The number of hydrogen-bond donors (Lipinski definition) is 4. The van der Waals surface area contributed by atoms with Crippen molar-refractivity contribution in [1.29, 1.82) is 0 Å². The van der Waals surface area contributed by atoms with Crippen molar-refractivity contribution in [3.63, 3.8) is 0 Å². The molecule has 0 spiro atoms. The fourth-order valence-corrected chi connectivity index (χ4v) is 0.666. The Bertz CT molecular complexity index is 79.8. The first kappa shape index (κ1) is 9.84. The van der Waals surface area contributed by atoms with E-state index in [-0.39, 0.29) is 6.54 Å². The quantitative estimate of drug-likeness (QED) is 0.386. The fourth-order valence-electron chi connectivity index (χ4n) is 0.666. The molecule has 0 aliphatic carbocycles. The largest absolute Gasteiger partial charge is 0.390 e. The molecule has 4 nitrogen and oxygen atoms in total. The summed E-state index contributed by atoms with van der Waals surface area (Å²) in [4.78, 5) is 0. The molecule has 0 saturated carbocycles. The molecule has 0 fully saturated rings. The van der Waals surface area contributed by atoms with Crippen molar-refractivity contribution in [3.8, 4) is 0 Å². The molecule has 0 heterocycles. The second kappa shape index (κ2) is 4.62. The van der Waals surface area contributed by atoms with Gasteiger partial charge in [-0.05, 0) is 6.42 Å². The van der Waals surface area contributed by atoms with Crippen LogP contribution in [0.3, 0.4) is 0 Å². The van der Waals surface area contributed by atoms with Crippen LogP contribution in [0.15, 0.2) is 0 Å². The van der Waals surface area contributed by atoms with Crippen LogP contribution >= 0.6 is 0 Å². The summed E-state index contributed by atoms with van der Waals surface area (Å²) < 4.78 is 0. The van der Waals surface area contributed by atoms with Crippen LogP contribution in [0.2, 0.25) is 0 Å². The van der Waals surface area contributed by atoms with Crippen molar-refractivity contribution in [3.05, 3.63) is 0 Å².